The van der Waals surface area contributed by atoms with Crippen LogP contribution in [-0.2, 0) is 17.5 Å². The van der Waals surface area contributed by atoms with Crippen molar-refractivity contribution in [1.82, 2.24) is 16.2 Å². The van der Waals surface area contributed by atoms with E-state index in [0.29, 0.717) is 0 Å². The quantitative estimate of drug-likeness (QED) is 0.363. The number of rotatable bonds is 4. The summed E-state index contributed by atoms with van der Waals surface area (Å²) in [5, 5.41) is 2.81. The lowest BCUT2D eigenvalue weighted by Gasteiger charge is -2.20. The topological polar surface area (TPSA) is 73.5 Å². The highest BCUT2D eigenvalue weighted by atomic mass is 32.1. The van der Waals surface area contributed by atoms with Gasteiger partial charge in [-0.15, -0.1) is 0 Å². The highest BCUT2D eigenvalue weighted by Gasteiger charge is 2.39. The second-order valence-electron chi connectivity index (χ2n) is 7.28. The molecule has 0 saturated heterocycles. The van der Waals surface area contributed by atoms with E-state index in [-0.39, 0.29) is 40.5 Å². The molecular formula is C21H20F4N4O2S. The Morgan fingerprint density at radius 2 is 1.94 bits per heavy atom. The van der Waals surface area contributed by atoms with Gasteiger partial charge >= 0.3 is 6.18 Å². The molecule has 11 heteroatoms. The zero-order valence-corrected chi connectivity index (χ0v) is 18.0. The van der Waals surface area contributed by atoms with Crippen LogP contribution in [0, 0.1) is 5.82 Å². The van der Waals surface area contributed by atoms with Crippen LogP contribution in [-0.4, -0.2) is 24.0 Å². The largest absolute Gasteiger partial charge is 0.416 e. The Bertz CT molecular complexity index is 1070. The standard InChI is InChI=1S/C21H20F4N4O2S/c1-11(8-18(30)27-28-20(32)26-2)14-9-12(6-7-17(14)22)29-10-15-13(19(29)31)4-3-5-16(15)21(23,24)25/h3-7,9,11H,8,10H2,1-2H3,(H,27,30)(H2,26,28,32). The minimum absolute atomic E-state index is 0.0373. The zero-order chi connectivity index (χ0) is 23.6. The first-order valence-corrected chi connectivity index (χ1v) is 10.0. The van der Waals surface area contributed by atoms with Crippen molar-refractivity contribution in [2.75, 3.05) is 11.9 Å². The van der Waals surface area contributed by atoms with Crippen molar-refractivity contribution >= 4 is 34.8 Å². The lowest BCUT2D eigenvalue weighted by Crippen LogP contribution is -2.45. The number of fused-ring (bicyclic) bond motifs is 1. The number of alkyl halides is 3. The Labute approximate surface area is 186 Å². The van der Waals surface area contributed by atoms with Gasteiger partial charge in [0.05, 0.1) is 12.1 Å². The van der Waals surface area contributed by atoms with Crippen LogP contribution < -0.4 is 21.1 Å². The molecule has 3 rings (SSSR count). The number of carbonyl (C=O) groups is 2. The molecule has 1 aliphatic rings. The van der Waals surface area contributed by atoms with Crippen molar-refractivity contribution in [3.8, 4) is 0 Å². The normalized spacial score (nSPS) is 14.1. The van der Waals surface area contributed by atoms with Gasteiger partial charge in [-0.25, -0.2) is 4.39 Å². The monoisotopic (exact) mass is 468 g/mol. The molecule has 2 aromatic rings. The Balaban J connectivity index is 1.82. The third-order valence-electron chi connectivity index (χ3n) is 5.13. The van der Waals surface area contributed by atoms with Gasteiger partial charge in [-0.2, -0.15) is 13.2 Å². The average molecular weight is 468 g/mol. The fraction of sp³-hybridized carbons (Fsp3) is 0.286. The van der Waals surface area contributed by atoms with Gasteiger partial charge in [0.1, 0.15) is 5.82 Å². The number of halogens is 4. The Morgan fingerprint density at radius 3 is 2.59 bits per heavy atom. The lowest BCUT2D eigenvalue weighted by molar-refractivity contribution is -0.138. The first kappa shape index (κ1) is 23.5. The molecule has 32 heavy (non-hydrogen) atoms. The molecule has 0 aromatic heterocycles. The molecule has 0 aliphatic carbocycles. The molecule has 3 N–H and O–H groups in total. The number of nitrogens with one attached hydrogen (secondary N) is 3. The fourth-order valence-corrected chi connectivity index (χ4v) is 3.56. The van der Waals surface area contributed by atoms with E-state index in [1.807, 2.05) is 0 Å². The van der Waals surface area contributed by atoms with E-state index >= 15 is 0 Å². The lowest BCUT2D eigenvalue weighted by atomic mass is 9.96. The molecule has 1 aliphatic heterocycles. The summed E-state index contributed by atoms with van der Waals surface area (Å²) in [4.78, 5) is 26.0. The van der Waals surface area contributed by atoms with Gasteiger partial charge in [0, 0.05) is 24.7 Å². The molecule has 2 amide bonds. The second kappa shape index (κ2) is 9.11. The van der Waals surface area contributed by atoms with Crippen molar-refractivity contribution in [3.63, 3.8) is 0 Å². The molecule has 170 valence electrons. The van der Waals surface area contributed by atoms with E-state index in [1.54, 1.807) is 14.0 Å². The van der Waals surface area contributed by atoms with Crippen LogP contribution in [0.15, 0.2) is 36.4 Å². The van der Waals surface area contributed by atoms with Crippen molar-refractivity contribution in [1.29, 1.82) is 0 Å². The molecule has 1 unspecified atom stereocenters. The second-order valence-corrected chi connectivity index (χ2v) is 7.69. The first-order valence-electron chi connectivity index (χ1n) is 9.60. The van der Waals surface area contributed by atoms with Crippen LogP contribution in [0.4, 0.5) is 23.2 Å². The Morgan fingerprint density at radius 1 is 1.22 bits per heavy atom. The molecule has 0 fully saturated rings. The number of hydrazine groups is 1. The van der Waals surface area contributed by atoms with Gasteiger partial charge in [-0.3, -0.25) is 20.4 Å². The molecule has 1 heterocycles. The van der Waals surface area contributed by atoms with E-state index in [4.69, 9.17) is 12.2 Å². The summed E-state index contributed by atoms with van der Waals surface area (Å²) in [5.41, 5.74) is 4.24. The number of nitrogens with zero attached hydrogens (tertiary/aromatic N) is 1. The summed E-state index contributed by atoms with van der Waals surface area (Å²) in [5.74, 6) is -2.21. The van der Waals surface area contributed by atoms with Crippen LogP contribution in [0.25, 0.3) is 0 Å². The number of hydrogen-bond donors (Lipinski definition) is 3. The van der Waals surface area contributed by atoms with Crippen LogP contribution in [0.1, 0.15) is 46.3 Å². The summed E-state index contributed by atoms with van der Waals surface area (Å²) < 4.78 is 54.5. The summed E-state index contributed by atoms with van der Waals surface area (Å²) in [7, 11) is 1.57. The minimum atomic E-state index is -4.60. The molecule has 0 saturated carbocycles. The third kappa shape index (κ3) is 4.82. The van der Waals surface area contributed by atoms with Crippen molar-refractivity contribution in [2.45, 2.75) is 32.0 Å². The fourth-order valence-electron chi connectivity index (χ4n) is 3.51. The van der Waals surface area contributed by atoms with E-state index in [2.05, 4.69) is 16.2 Å². The Kier molecular flexibility index (Phi) is 6.68. The summed E-state index contributed by atoms with van der Waals surface area (Å²) in [6, 6.07) is 7.31. The zero-order valence-electron chi connectivity index (χ0n) is 17.1. The minimum Gasteiger partial charge on any atom is -0.364 e. The number of hydrogen-bond acceptors (Lipinski definition) is 3. The van der Waals surface area contributed by atoms with Gasteiger partial charge in [0.25, 0.3) is 5.91 Å². The first-order chi connectivity index (χ1) is 15.0. The third-order valence-corrected chi connectivity index (χ3v) is 5.44. The van der Waals surface area contributed by atoms with Crippen molar-refractivity contribution in [3.05, 3.63) is 64.5 Å². The van der Waals surface area contributed by atoms with E-state index in [1.165, 1.54) is 29.2 Å². The molecule has 0 spiro atoms. The predicted octanol–water partition coefficient (Wildman–Crippen LogP) is 3.62. The number of benzene rings is 2. The van der Waals surface area contributed by atoms with Gasteiger partial charge in [-0.1, -0.05) is 13.0 Å². The van der Waals surface area contributed by atoms with Crippen LogP contribution >= 0.6 is 12.2 Å². The van der Waals surface area contributed by atoms with Crippen LogP contribution in [0.3, 0.4) is 0 Å². The summed E-state index contributed by atoms with van der Waals surface area (Å²) in [6.07, 6.45) is -4.69. The molecule has 1 atom stereocenters. The number of thiocarbonyl (C=S) groups is 1. The highest BCUT2D eigenvalue weighted by molar-refractivity contribution is 7.80. The maximum Gasteiger partial charge on any atom is 0.416 e. The van der Waals surface area contributed by atoms with E-state index in [0.717, 1.165) is 12.1 Å². The molecular weight excluding hydrogens is 448 g/mol. The molecule has 0 radical (unpaired) electrons. The SMILES string of the molecule is CNC(=S)NNC(=O)CC(C)c1cc(N2Cc3c(cccc3C(F)(F)F)C2=O)ccc1F. The summed E-state index contributed by atoms with van der Waals surface area (Å²) >= 11 is 4.85. The van der Waals surface area contributed by atoms with Gasteiger partial charge < -0.3 is 10.2 Å². The smallest absolute Gasteiger partial charge is 0.364 e. The van der Waals surface area contributed by atoms with Crippen molar-refractivity contribution in [2.24, 2.45) is 0 Å². The van der Waals surface area contributed by atoms with Gasteiger partial charge in [0.2, 0.25) is 5.91 Å². The van der Waals surface area contributed by atoms with E-state index < -0.39 is 35.3 Å². The van der Waals surface area contributed by atoms with E-state index in [9.17, 15) is 27.2 Å². The molecule has 6 nitrogen and oxygen atoms in total. The maximum absolute atomic E-state index is 14.5. The number of anilines is 1. The number of carbonyl (C=O) groups excluding carboxylic acids is 2. The summed E-state index contributed by atoms with van der Waals surface area (Å²) in [6.45, 7) is 1.34. The predicted molar refractivity (Wildman–Crippen MR) is 114 cm³/mol. The maximum atomic E-state index is 14.5. The molecule has 0 bridgehead atoms. The average Bonchev–Trinajstić information content (AvgIpc) is 3.08. The van der Waals surface area contributed by atoms with Gasteiger partial charge in [0.15, 0.2) is 5.11 Å². The van der Waals surface area contributed by atoms with Crippen LogP contribution in [0.5, 0.6) is 0 Å². The van der Waals surface area contributed by atoms with Crippen LogP contribution in [0.2, 0.25) is 0 Å². The van der Waals surface area contributed by atoms with Gasteiger partial charge in [-0.05, 0) is 59.6 Å². The highest BCUT2D eigenvalue weighted by Crippen LogP contribution is 2.39. The Hall–Kier alpha value is -3.21. The molecule has 2 aromatic carbocycles. The van der Waals surface area contributed by atoms with Crippen molar-refractivity contribution < 1.29 is 27.2 Å². The number of amides is 2.